The van der Waals surface area contributed by atoms with Crippen molar-refractivity contribution in [2.24, 2.45) is 0 Å². The Balaban J connectivity index is 1.52. The number of aromatic nitrogens is 4. The van der Waals surface area contributed by atoms with Crippen molar-refractivity contribution < 1.29 is 13.6 Å². The van der Waals surface area contributed by atoms with Crippen molar-refractivity contribution in [1.29, 1.82) is 0 Å². The third kappa shape index (κ3) is 4.64. The molecule has 1 amide bonds. The number of thioether (sulfide) groups is 1. The van der Waals surface area contributed by atoms with Gasteiger partial charge in [-0.15, -0.1) is 16.4 Å². The summed E-state index contributed by atoms with van der Waals surface area (Å²) < 4.78 is 29.5. The maximum absolute atomic E-state index is 14.4. The summed E-state index contributed by atoms with van der Waals surface area (Å²) in [6, 6.07) is 7.25. The van der Waals surface area contributed by atoms with Crippen LogP contribution in [0.3, 0.4) is 0 Å². The number of tetrazole rings is 1. The fraction of sp³-hybridized carbons (Fsp3) is 0.368. The third-order valence-corrected chi connectivity index (χ3v) is 6.63. The van der Waals surface area contributed by atoms with Crippen LogP contribution in [0.2, 0.25) is 0 Å². The first-order valence-electron chi connectivity index (χ1n) is 9.30. The van der Waals surface area contributed by atoms with E-state index in [1.807, 2.05) is 17.5 Å². The van der Waals surface area contributed by atoms with E-state index in [2.05, 4.69) is 15.5 Å². The molecule has 152 valence electrons. The highest BCUT2D eigenvalue weighted by molar-refractivity contribution is 7.99. The van der Waals surface area contributed by atoms with Gasteiger partial charge in [0.05, 0.1) is 24.0 Å². The van der Waals surface area contributed by atoms with Crippen molar-refractivity contribution in [1.82, 2.24) is 20.2 Å². The predicted octanol–water partition coefficient (Wildman–Crippen LogP) is 4.45. The van der Waals surface area contributed by atoms with Crippen LogP contribution in [-0.4, -0.2) is 31.9 Å². The van der Waals surface area contributed by atoms with Crippen molar-refractivity contribution in [2.45, 2.75) is 43.4 Å². The molecule has 3 aromatic rings. The Labute approximate surface area is 174 Å². The molecule has 29 heavy (non-hydrogen) atoms. The molecule has 1 aliphatic carbocycles. The van der Waals surface area contributed by atoms with Gasteiger partial charge in [0.25, 0.3) is 0 Å². The van der Waals surface area contributed by atoms with Crippen molar-refractivity contribution in [3.63, 3.8) is 0 Å². The fourth-order valence-electron chi connectivity index (χ4n) is 3.43. The van der Waals surface area contributed by atoms with Crippen LogP contribution in [0.4, 0.5) is 14.5 Å². The van der Waals surface area contributed by atoms with Gasteiger partial charge in [0.15, 0.2) is 0 Å². The van der Waals surface area contributed by atoms with E-state index in [1.54, 1.807) is 4.68 Å². The lowest BCUT2D eigenvalue weighted by atomic mass is 10.2. The molecule has 2 aromatic heterocycles. The Kier molecular flexibility index (Phi) is 6.19. The molecule has 0 radical (unpaired) electrons. The van der Waals surface area contributed by atoms with E-state index in [4.69, 9.17) is 0 Å². The lowest BCUT2D eigenvalue weighted by Gasteiger charge is -2.23. The van der Waals surface area contributed by atoms with Crippen molar-refractivity contribution >= 4 is 34.7 Å². The first-order valence-corrected chi connectivity index (χ1v) is 11.2. The molecule has 6 nitrogen and oxygen atoms in total. The van der Waals surface area contributed by atoms with E-state index >= 15 is 0 Å². The summed E-state index contributed by atoms with van der Waals surface area (Å²) in [6.07, 6.45) is 4.34. The smallest absolute Gasteiger partial charge is 0.237 e. The number of nitrogens with zero attached hydrogens (tertiary/aromatic N) is 5. The minimum absolute atomic E-state index is 0.0509. The second kappa shape index (κ2) is 9.00. The van der Waals surface area contributed by atoms with Crippen LogP contribution in [0.1, 0.15) is 36.6 Å². The maximum Gasteiger partial charge on any atom is 0.237 e. The van der Waals surface area contributed by atoms with E-state index in [0.717, 1.165) is 42.7 Å². The van der Waals surface area contributed by atoms with Crippen LogP contribution in [0.25, 0.3) is 0 Å². The first kappa shape index (κ1) is 20.0. The van der Waals surface area contributed by atoms with Gasteiger partial charge in [-0.25, -0.2) is 13.5 Å². The summed E-state index contributed by atoms with van der Waals surface area (Å²) in [5.41, 5.74) is 0.0563. The number of benzene rings is 1. The molecule has 1 fully saturated rings. The molecular weight excluding hydrogens is 416 g/mol. The van der Waals surface area contributed by atoms with Crippen molar-refractivity contribution in [2.75, 3.05) is 10.7 Å². The van der Waals surface area contributed by atoms with Crippen LogP contribution >= 0.6 is 23.1 Å². The summed E-state index contributed by atoms with van der Waals surface area (Å²) in [5.74, 6) is -1.69. The minimum atomic E-state index is -0.768. The van der Waals surface area contributed by atoms with Crippen molar-refractivity contribution in [3.8, 4) is 0 Å². The SMILES string of the molecule is O=C(CSc1nnnn1C1CCCC1)N(Cc1cccs1)c1ccc(F)cc1F. The fourth-order valence-corrected chi connectivity index (χ4v) is 4.94. The molecule has 2 heterocycles. The van der Waals surface area contributed by atoms with Gasteiger partial charge in [-0.1, -0.05) is 30.7 Å². The van der Waals surface area contributed by atoms with Gasteiger partial charge in [-0.05, 0) is 46.8 Å². The highest BCUT2D eigenvalue weighted by Crippen LogP contribution is 2.32. The quantitative estimate of drug-likeness (QED) is 0.513. The number of thiophene rings is 1. The number of amides is 1. The zero-order valence-electron chi connectivity index (χ0n) is 15.5. The number of hydrogen-bond acceptors (Lipinski definition) is 6. The number of halogens is 2. The zero-order valence-corrected chi connectivity index (χ0v) is 17.1. The maximum atomic E-state index is 14.4. The van der Waals surface area contributed by atoms with Gasteiger partial charge >= 0.3 is 0 Å². The molecule has 10 heteroatoms. The number of hydrogen-bond donors (Lipinski definition) is 0. The second-order valence-electron chi connectivity index (χ2n) is 6.79. The largest absolute Gasteiger partial charge is 0.304 e. The van der Waals surface area contributed by atoms with Crippen LogP contribution in [0.15, 0.2) is 40.9 Å². The van der Waals surface area contributed by atoms with E-state index in [1.165, 1.54) is 34.1 Å². The molecule has 1 saturated carbocycles. The Bertz CT molecular complexity index is 973. The monoisotopic (exact) mass is 435 g/mol. The molecular formula is C19H19F2N5OS2. The van der Waals surface area contributed by atoms with E-state index in [0.29, 0.717) is 5.16 Å². The molecule has 4 rings (SSSR count). The molecule has 0 aliphatic heterocycles. The van der Waals surface area contributed by atoms with E-state index < -0.39 is 11.6 Å². The summed E-state index contributed by atoms with van der Waals surface area (Å²) >= 11 is 2.71. The van der Waals surface area contributed by atoms with Crippen LogP contribution in [-0.2, 0) is 11.3 Å². The molecule has 0 unspecified atom stereocenters. The topological polar surface area (TPSA) is 63.9 Å². The molecule has 0 bridgehead atoms. The zero-order chi connectivity index (χ0) is 20.2. The first-order chi connectivity index (χ1) is 14.1. The third-order valence-electron chi connectivity index (χ3n) is 4.85. The van der Waals surface area contributed by atoms with E-state index in [-0.39, 0.29) is 29.9 Å². The van der Waals surface area contributed by atoms with Crippen LogP contribution in [0, 0.1) is 11.6 Å². The van der Waals surface area contributed by atoms with Gasteiger partial charge < -0.3 is 4.90 Å². The summed E-state index contributed by atoms with van der Waals surface area (Å²) in [5, 5.41) is 14.3. The molecule has 1 aliphatic rings. The normalized spacial score (nSPS) is 14.4. The Hall–Kier alpha value is -2.33. The van der Waals surface area contributed by atoms with Gasteiger partial charge in [0.2, 0.25) is 11.1 Å². The lowest BCUT2D eigenvalue weighted by Crippen LogP contribution is -2.32. The lowest BCUT2D eigenvalue weighted by molar-refractivity contribution is -0.116. The Morgan fingerprint density at radius 1 is 1.28 bits per heavy atom. The van der Waals surface area contributed by atoms with E-state index in [9.17, 15) is 13.6 Å². The predicted molar refractivity (Wildman–Crippen MR) is 108 cm³/mol. The highest BCUT2D eigenvalue weighted by Gasteiger charge is 2.24. The summed E-state index contributed by atoms with van der Waals surface area (Å²) in [7, 11) is 0. The van der Waals surface area contributed by atoms with Gasteiger partial charge in [-0.2, -0.15) is 0 Å². The molecule has 1 aromatic carbocycles. The van der Waals surface area contributed by atoms with Gasteiger partial charge in [-0.3, -0.25) is 4.79 Å². The Morgan fingerprint density at radius 3 is 2.83 bits per heavy atom. The molecule has 0 spiro atoms. The molecule has 0 saturated heterocycles. The van der Waals surface area contributed by atoms with Crippen molar-refractivity contribution in [3.05, 3.63) is 52.2 Å². The number of carbonyl (C=O) groups is 1. The second-order valence-corrected chi connectivity index (χ2v) is 8.76. The highest BCUT2D eigenvalue weighted by atomic mass is 32.2. The molecule has 0 N–H and O–H groups in total. The average molecular weight is 436 g/mol. The summed E-state index contributed by atoms with van der Waals surface area (Å²) in [4.78, 5) is 15.3. The van der Waals surface area contributed by atoms with Crippen LogP contribution in [0.5, 0.6) is 0 Å². The number of anilines is 1. The standard InChI is InChI=1S/C19H19F2N5OS2/c20-13-7-8-17(16(21)10-13)25(11-15-6-3-9-28-15)18(27)12-29-19-22-23-24-26(19)14-4-1-2-5-14/h3,6-10,14H,1-2,4-5,11-12H2. The average Bonchev–Trinajstić information content (AvgIpc) is 3.47. The number of carbonyl (C=O) groups excluding carboxylic acids is 1. The molecule has 0 atom stereocenters. The number of rotatable bonds is 7. The minimum Gasteiger partial charge on any atom is -0.304 e. The summed E-state index contributed by atoms with van der Waals surface area (Å²) in [6.45, 7) is 0.215. The Morgan fingerprint density at radius 2 is 2.10 bits per heavy atom. The van der Waals surface area contributed by atoms with Gasteiger partial charge in [0.1, 0.15) is 11.6 Å². The van der Waals surface area contributed by atoms with Crippen LogP contribution < -0.4 is 4.90 Å². The van der Waals surface area contributed by atoms with Gasteiger partial charge in [0, 0.05) is 10.9 Å².